The molecule has 0 spiro atoms. The van der Waals surface area contributed by atoms with Crippen LogP contribution in [0.25, 0.3) is 0 Å². The van der Waals surface area contributed by atoms with E-state index in [2.05, 4.69) is 4.98 Å². The first-order valence-electron chi connectivity index (χ1n) is 7.14. The molecule has 0 unspecified atom stereocenters. The van der Waals surface area contributed by atoms with Gasteiger partial charge in [0.1, 0.15) is 5.69 Å². The van der Waals surface area contributed by atoms with Crippen molar-refractivity contribution in [3.63, 3.8) is 0 Å². The minimum atomic E-state index is -0.967. The molecule has 9 nitrogen and oxygen atoms in total. The Kier molecular flexibility index (Phi) is 3.47. The summed E-state index contributed by atoms with van der Waals surface area (Å²) in [5, 5.41) is 20.4. The maximum atomic E-state index is 11.4. The molecule has 1 aliphatic carbocycles. The van der Waals surface area contributed by atoms with E-state index < -0.39 is 11.0 Å². The predicted octanol–water partition coefficient (Wildman–Crippen LogP) is 1.25. The zero-order valence-corrected chi connectivity index (χ0v) is 11.9. The number of piperazine rings is 1. The van der Waals surface area contributed by atoms with Gasteiger partial charge in [-0.1, -0.05) is 0 Å². The number of carboxylic acid groups (broad SMARTS) is 1. The molecule has 1 aromatic heterocycles. The number of carbonyl (C=O) groups is 1. The molecule has 0 bridgehead atoms. The number of nitrogens with two attached hydrogens (primary N) is 1. The molecule has 1 saturated carbocycles. The van der Waals surface area contributed by atoms with Crippen LogP contribution in [0.15, 0.2) is 6.20 Å². The smallest absolute Gasteiger partial charge is 0.407 e. The molecular weight excluding hydrogens is 290 g/mol. The van der Waals surface area contributed by atoms with Gasteiger partial charge in [-0.15, -0.1) is 0 Å². The van der Waals surface area contributed by atoms with Crippen LogP contribution in [0.2, 0.25) is 0 Å². The van der Waals surface area contributed by atoms with E-state index in [1.165, 1.54) is 4.90 Å². The highest BCUT2D eigenvalue weighted by Gasteiger charge is 2.36. The highest BCUT2D eigenvalue weighted by Crippen LogP contribution is 2.48. The Morgan fingerprint density at radius 3 is 2.50 bits per heavy atom. The first kappa shape index (κ1) is 14.4. The predicted molar refractivity (Wildman–Crippen MR) is 79.1 cm³/mol. The summed E-state index contributed by atoms with van der Waals surface area (Å²) in [4.78, 5) is 29.0. The van der Waals surface area contributed by atoms with Crippen molar-refractivity contribution in [3.05, 3.63) is 21.9 Å². The fourth-order valence-electron chi connectivity index (χ4n) is 2.85. The Bertz CT molecular complexity index is 623. The van der Waals surface area contributed by atoms with Gasteiger partial charge in [-0.05, 0) is 18.8 Å². The maximum Gasteiger partial charge on any atom is 0.407 e. The first-order chi connectivity index (χ1) is 10.5. The van der Waals surface area contributed by atoms with Gasteiger partial charge in [0, 0.05) is 37.9 Å². The van der Waals surface area contributed by atoms with Gasteiger partial charge in [-0.3, -0.25) is 10.1 Å². The molecule has 9 heteroatoms. The largest absolute Gasteiger partial charge is 0.465 e. The fourth-order valence-corrected chi connectivity index (χ4v) is 2.85. The summed E-state index contributed by atoms with van der Waals surface area (Å²) >= 11 is 0. The zero-order valence-electron chi connectivity index (χ0n) is 11.9. The monoisotopic (exact) mass is 307 g/mol. The second kappa shape index (κ2) is 5.32. The van der Waals surface area contributed by atoms with Crippen molar-refractivity contribution < 1.29 is 14.8 Å². The lowest BCUT2D eigenvalue weighted by Gasteiger charge is -2.35. The molecule has 3 N–H and O–H groups in total. The highest BCUT2D eigenvalue weighted by molar-refractivity contribution is 5.77. The topological polar surface area (TPSA) is 126 Å². The summed E-state index contributed by atoms with van der Waals surface area (Å²) in [5.41, 5.74) is 6.92. The number of nitrogen functional groups attached to an aromatic ring is 1. The quantitative estimate of drug-likeness (QED) is 0.635. The molecule has 3 rings (SSSR count). The molecule has 2 aliphatic rings. The molecule has 22 heavy (non-hydrogen) atoms. The second-order valence-corrected chi connectivity index (χ2v) is 5.58. The lowest BCUT2D eigenvalue weighted by molar-refractivity contribution is -0.383. The average Bonchev–Trinajstić information content (AvgIpc) is 3.31. The first-order valence-corrected chi connectivity index (χ1v) is 7.14. The minimum absolute atomic E-state index is 0.0925. The summed E-state index contributed by atoms with van der Waals surface area (Å²) in [5.74, 6) is 0.198. The number of hydrogen-bond acceptors (Lipinski definition) is 6. The van der Waals surface area contributed by atoms with Crippen LogP contribution >= 0.6 is 0 Å². The third-order valence-corrected chi connectivity index (χ3v) is 4.15. The average molecular weight is 307 g/mol. The highest BCUT2D eigenvalue weighted by atomic mass is 16.6. The molecule has 0 radical (unpaired) electrons. The van der Waals surface area contributed by atoms with Crippen LogP contribution in [0.3, 0.4) is 0 Å². The van der Waals surface area contributed by atoms with Gasteiger partial charge in [0.25, 0.3) is 0 Å². The van der Waals surface area contributed by atoms with Crippen LogP contribution in [0.1, 0.15) is 24.3 Å². The van der Waals surface area contributed by atoms with Gasteiger partial charge in [0.2, 0.25) is 5.82 Å². The Morgan fingerprint density at radius 1 is 1.36 bits per heavy atom. The molecule has 2 heterocycles. The van der Waals surface area contributed by atoms with Crippen molar-refractivity contribution in [2.24, 2.45) is 0 Å². The molecule has 2 fully saturated rings. The van der Waals surface area contributed by atoms with Crippen molar-refractivity contribution >= 4 is 23.3 Å². The van der Waals surface area contributed by atoms with Crippen LogP contribution in [-0.4, -0.2) is 52.2 Å². The minimum Gasteiger partial charge on any atom is -0.465 e. The summed E-state index contributed by atoms with van der Waals surface area (Å²) in [6, 6.07) is 0. The number of pyridine rings is 1. The van der Waals surface area contributed by atoms with E-state index in [-0.39, 0.29) is 11.5 Å². The maximum absolute atomic E-state index is 11.4. The van der Waals surface area contributed by atoms with Crippen molar-refractivity contribution in [2.45, 2.75) is 18.8 Å². The molecule has 0 atom stereocenters. The van der Waals surface area contributed by atoms with Crippen LogP contribution in [0.5, 0.6) is 0 Å². The van der Waals surface area contributed by atoms with Crippen molar-refractivity contribution in [3.8, 4) is 0 Å². The molecule has 118 valence electrons. The molecular formula is C13H17N5O4. The number of anilines is 2. The number of hydrogen-bond donors (Lipinski definition) is 2. The number of amides is 1. The van der Waals surface area contributed by atoms with Gasteiger partial charge in [-0.25, -0.2) is 9.78 Å². The van der Waals surface area contributed by atoms with Gasteiger partial charge < -0.3 is 20.6 Å². The molecule has 1 aromatic rings. The fraction of sp³-hybridized carbons (Fsp3) is 0.538. The van der Waals surface area contributed by atoms with Crippen LogP contribution in [0, 0.1) is 10.1 Å². The van der Waals surface area contributed by atoms with Crippen molar-refractivity contribution in [1.82, 2.24) is 9.88 Å². The standard InChI is InChI=1S/C13H17N5O4/c14-12-11(18(21)22)10(9(7-15-12)8-1-2-8)16-3-5-17(6-4-16)13(19)20/h7-8H,1-6H2,(H2,14,15)(H,19,20). The van der Waals surface area contributed by atoms with Gasteiger partial charge in [-0.2, -0.15) is 0 Å². The van der Waals surface area contributed by atoms with Gasteiger partial charge >= 0.3 is 11.8 Å². The van der Waals surface area contributed by atoms with Crippen molar-refractivity contribution in [1.29, 1.82) is 0 Å². The molecule has 1 aliphatic heterocycles. The summed E-state index contributed by atoms with van der Waals surface area (Å²) < 4.78 is 0. The Balaban J connectivity index is 1.96. The number of aromatic nitrogens is 1. The SMILES string of the molecule is Nc1ncc(C2CC2)c(N2CCN(C(=O)O)CC2)c1[N+](=O)[O-]. The van der Waals surface area contributed by atoms with Crippen LogP contribution < -0.4 is 10.6 Å². The second-order valence-electron chi connectivity index (χ2n) is 5.58. The Morgan fingerprint density at radius 2 is 2.00 bits per heavy atom. The Hall–Kier alpha value is -2.58. The van der Waals surface area contributed by atoms with Crippen molar-refractivity contribution in [2.75, 3.05) is 36.8 Å². The summed E-state index contributed by atoms with van der Waals surface area (Å²) in [7, 11) is 0. The number of rotatable bonds is 3. The zero-order chi connectivity index (χ0) is 15.9. The summed E-state index contributed by atoms with van der Waals surface area (Å²) in [6.45, 7) is 1.46. The molecule has 1 amide bonds. The van der Waals surface area contributed by atoms with E-state index in [4.69, 9.17) is 10.8 Å². The van der Waals surface area contributed by atoms with Gasteiger partial charge in [0.05, 0.1) is 4.92 Å². The number of nitro groups is 1. The third kappa shape index (κ3) is 2.49. The molecule has 1 saturated heterocycles. The van der Waals surface area contributed by atoms with E-state index in [0.29, 0.717) is 37.8 Å². The van der Waals surface area contributed by atoms with E-state index in [1.807, 2.05) is 4.90 Å². The lowest BCUT2D eigenvalue weighted by Crippen LogP contribution is -2.48. The third-order valence-electron chi connectivity index (χ3n) is 4.15. The van der Waals surface area contributed by atoms with E-state index >= 15 is 0 Å². The lowest BCUT2D eigenvalue weighted by atomic mass is 10.1. The van der Waals surface area contributed by atoms with E-state index in [9.17, 15) is 14.9 Å². The normalized spacial score (nSPS) is 18.4. The number of nitrogens with zero attached hydrogens (tertiary/aromatic N) is 4. The van der Waals surface area contributed by atoms with Crippen LogP contribution in [0.4, 0.5) is 22.0 Å². The van der Waals surface area contributed by atoms with E-state index in [0.717, 1.165) is 18.4 Å². The van der Waals surface area contributed by atoms with Gasteiger partial charge in [0.15, 0.2) is 0 Å². The Labute approximate surface area is 126 Å². The summed E-state index contributed by atoms with van der Waals surface area (Å²) in [6.07, 6.45) is 2.64. The molecule has 0 aromatic carbocycles. The van der Waals surface area contributed by atoms with Crippen LogP contribution in [-0.2, 0) is 0 Å². The van der Waals surface area contributed by atoms with E-state index in [1.54, 1.807) is 6.20 Å².